The van der Waals surface area contributed by atoms with E-state index in [0.29, 0.717) is 0 Å². The van der Waals surface area contributed by atoms with E-state index < -0.39 is 0 Å². The summed E-state index contributed by atoms with van der Waals surface area (Å²) >= 11 is 0. The molecule has 0 spiro atoms. The Morgan fingerprint density at radius 2 is 1.58 bits per heavy atom. The lowest BCUT2D eigenvalue weighted by atomic mass is 9.86. The highest BCUT2D eigenvalue weighted by Gasteiger charge is 2.23. The molecule has 0 unspecified atom stereocenters. The molecule has 0 bridgehead atoms. The number of pyridine rings is 1. The lowest BCUT2D eigenvalue weighted by Gasteiger charge is -2.23. The maximum absolute atomic E-state index is 4.53. The number of rotatable bonds is 8. The van der Waals surface area contributed by atoms with Crippen molar-refractivity contribution in [2.45, 2.75) is 65.2 Å². The Kier molecular flexibility index (Phi) is 6.57. The standard InChI is InChI=1S/C21H33N5/c1-7-22-17-14-25-19(26-15-17)21(5,6)11-8-12-23-18-10-9-16(13-24-18)20(2,3)4/h9-10,13-15,22H,7-8,11-12H2,1-6H3,(H,23,24). The van der Waals surface area contributed by atoms with E-state index in [-0.39, 0.29) is 10.8 Å². The summed E-state index contributed by atoms with van der Waals surface area (Å²) in [4.78, 5) is 13.6. The Morgan fingerprint density at radius 3 is 2.12 bits per heavy atom. The molecular weight excluding hydrogens is 322 g/mol. The quantitative estimate of drug-likeness (QED) is 0.668. The van der Waals surface area contributed by atoms with Gasteiger partial charge in [-0.3, -0.25) is 0 Å². The van der Waals surface area contributed by atoms with Crippen molar-refractivity contribution in [2.24, 2.45) is 0 Å². The van der Waals surface area contributed by atoms with E-state index in [9.17, 15) is 0 Å². The summed E-state index contributed by atoms with van der Waals surface area (Å²) < 4.78 is 0. The molecule has 2 rings (SSSR count). The average Bonchev–Trinajstić information content (AvgIpc) is 2.59. The van der Waals surface area contributed by atoms with Gasteiger partial charge in [-0.1, -0.05) is 40.7 Å². The number of hydrogen-bond acceptors (Lipinski definition) is 5. The summed E-state index contributed by atoms with van der Waals surface area (Å²) in [5, 5.41) is 6.64. The minimum Gasteiger partial charge on any atom is -0.383 e. The van der Waals surface area contributed by atoms with E-state index in [1.807, 2.05) is 18.6 Å². The van der Waals surface area contributed by atoms with Crippen LogP contribution >= 0.6 is 0 Å². The van der Waals surface area contributed by atoms with E-state index in [4.69, 9.17) is 0 Å². The van der Waals surface area contributed by atoms with Gasteiger partial charge in [0.2, 0.25) is 0 Å². The molecule has 0 aliphatic rings. The fourth-order valence-electron chi connectivity index (χ4n) is 2.77. The van der Waals surface area contributed by atoms with E-state index in [2.05, 4.69) is 79.3 Å². The largest absolute Gasteiger partial charge is 0.383 e. The highest BCUT2D eigenvalue weighted by molar-refractivity contribution is 5.38. The van der Waals surface area contributed by atoms with Crippen molar-refractivity contribution < 1.29 is 0 Å². The highest BCUT2D eigenvalue weighted by atomic mass is 15.0. The summed E-state index contributed by atoms with van der Waals surface area (Å²) in [5.41, 5.74) is 2.31. The fourth-order valence-corrected chi connectivity index (χ4v) is 2.77. The normalized spacial score (nSPS) is 12.1. The monoisotopic (exact) mass is 355 g/mol. The lowest BCUT2D eigenvalue weighted by Crippen LogP contribution is -2.22. The van der Waals surface area contributed by atoms with Crippen molar-refractivity contribution in [1.82, 2.24) is 15.0 Å². The second-order valence-corrected chi connectivity index (χ2v) is 8.42. The molecule has 0 aliphatic carbocycles. The first-order valence-corrected chi connectivity index (χ1v) is 9.49. The van der Waals surface area contributed by atoms with E-state index in [0.717, 1.165) is 43.3 Å². The summed E-state index contributed by atoms with van der Waals surface area (Å²) in [6.45, 7) is 14.8. The molecule has 26 heavy (non-hydrogen) atoms. The molecule has 142 valence electrons. The Hall–Kier alpha value is -2.17. The van der Waals surface area contributed by atoms with Crippen molar-refractivity contribution in [3.8, 4) is 0 Å². The van der Waals surface area contributed by atoms with Crippen LogP contribution in [0.25, 0.3) is 0 Å². The van der Waals surface area contributed by atoms with Crippen molar-refractivity contribution >= 4 is 11.5 Å². The van der Waals surface area contributed by atoms with Crippen LogP contribution < -0.4 is 10.6 Å². The maximum atomic E-state index is 4.53. The second kappa shape index (κ2) is 8.47. The van der Waals surface area contributed by atoms with Gasteiger partial charge in [0.05, 0.1) is 18.1 Å². The topological polar surface area (TPSA) is 62.7 Å². The van der Waals surface area contributed by atoms with Gasteiger partial charge in [0.1, 0.15) is 11.6 Å². The van der Waals surface area contributed by atoms with Gasteiger partial charge in [0.25, 0.3) is 0 Å². The van der Waals surface area contributed by atoms with Crippen LogP contribution in [-0.4, -0.2) is 28.0 Å². The molecule has 0 amide bonds. The molecule has 2 aromatic heterocycles. The third-order valence-corrected chi connectivity index (χ3v) is 4.55. The molecular formula is C21H33N5. The van der Waals surface area contributed by atoms with Gasteiger partial charge >= 0.3 is 0 Å². The Balaban J connectivity index is 1.82. The van der Waals surface area contributed by atoms with Crippen molar-refractivity contribution in [1.29, 1.82) is 0 Å². The first-order chi connectivity index (χ1) is 12.2. The second-order valence-electron chi connectivity index (χ2n) is 8.42. The molecule has 2 aromatic rings. The molecule has 5 heteroatoms. The van der Waals surface area contributed by atoms with Gasteiger partial charge in [0.15, 0.2) is 0 Å². The SMILES string of the molecule is CCNc1cnc(C(C)(C)CCCNc2ccc(C(C)(C)C)cn2)nc1. The van der Waals surface area contributed by atoms with Crippen LogP contribution in [0.5, 0.6) is 0 Å². The van der Waals surface area contributed by atoms with Crippen molar-refractivity contribution in [2.75, 3.05) is 23.7 Å². The third-order valence-electron chi connectivity index (χ3n) is 4.55. The minimum absolute atomic E-state index is 0.0457. The number of anilines is 2. The molecule has 2 N–H and O–H groups in total. The van der Waals surface area contributed by atoms with Crippen LogP contribution in [0, 0.1) is 0 Å². The maximum Gasteiger partial charge on any atom is 0.133 e. The number of nitrogens with zero attached hydrogens (tertiary/aromatic N) is 3. The Morgan fingerprint density at radius 1 is 0.885 bits per heavy atom. The van der Waals surface area contributed by atoms with Crippen LogP contribution in [0.1, 0.15) is 65.8 Å². The van der Waals surface area contributed by atoms with Gasteiger partial charge in [-0.15, -0.1) is 0 Å². The first kappa shape index (κ1) is 20.1. The minimum atomic E-state index is -0.0457. The zero-order valence-electron chi connectivity index (χ0n) is 17.1. The molecule has 2 heterocycles. The highest BCUT2D eigenvalue weighted by Crippen LogP contribution is 2.26. The predicted molar refractivity (Wildman–Crippen MR) is 110 cm³/mol. The molecule has 5 nitrogen and oxygen atoms in total. The summed E-state index contributed by atoms with van der Waals surface area (Å²) in [6, 6.07) is 4.22. The molecule has 0 aromatic carbocycles. The molecule has 0 fully saturated rings. The Labute approximate surface area is 158 Å². The van der Waals surface area contributed by atoms with Crippen LogP contribution in [0.2, 0.25) is 0 Å². The van der Waals surface area contributed by atoms with Gasteiger partial charge in [0, 0.05) is 24.7 Å². The average molecular weight is 356 g/mol. The van der Waals surface area contributed by atoms with E-state index >= 15 is 0 Å². The van der Waals surface area contributed by atoms with Gasteiger partial charge < -0.3 is 10.6 Å². The van der Waals surface area contributed by atoms with E-state index in [1.54, 1.807) is 0 Å². The van der Waals surface area contributed by atoms with Gasteiger partial charge in [-0.25, -0.2) is 15.0 Å². The smallest absolute Gasteiger partial charge is 0.133 e. The van der Waals surface area contributed by atoms with Gasteiger partial charge in [-0.2, -0.15) is 0 Å². The number of hydrogen-bond donors (Lipinski definition) is 2. The van der Waals surface area contributed by atoms with Crippen LogP contribution in [0.4, 0.5) is 11.5 Å². The van der Waals surface area contributed by atoms with Crippen LogP contribution in [0.3, 0.4) is 0 Å². The fraction of sp³-hybridized carbons (Fsp3) is 0.571. The van der Waals surface area contributed by atoms with E-state index in [1.165, 1.54) is 5.56 Å². The summed E-state index contributed by atoms with van der Waals surface area (Å²) in [5.74, 6) is 1.83. The number of aromatic nitrogens is 3. The third kappa shape index (κ3) is 5.68. The zero-order chi connectivity index (χ0) is 19.2. The Bertz CT molecular complexity index is 669. The molecule has 0 radical (unpaired) electrons. The van der Waals surface area contributed by atoms with Gasteiger partial charge in [-0.05, 0) is 36.8 Å². The molecule has 0 saturated carbocycles. The first-order valence-electron chi connectivity index (χ1n) is 9.49. The lowest BCUT2D eigenvalue weighted by molar-refractivity contribution is 0.440. The van der Waals surface area contributed by atoms with Crippen molar-refractivity contribution in [3.05, 3.63) is 42.1 Å². The molecule has 0 atom stereocenters. The molecule has 0 aliphatic heterocycles. The van der Waals surface area contributed by atoms with Crippen LogP contribution in [0.15, 0.2) is 30.7 Å². The van der Waals surface area contributed by atoms with Crippen molar-refractivity contribution in [3.63, 3.8) is 0 Å². The summed E-state index contributed by atoms with van der Waals surface area (Å²) in [6.07, 6.45) is 7.75. The zero-order valence-corrected chi connectivity index (χ0v) is 17.1. The molecule has 0 saturated heterocycles. The predicted octanol–water partition coefficient (Wildman–Crippen LogP) is 4.77. The summed E-state index contributed by atoms with van der Waals surface area (Å²) in [7, 11) is 0. The van der Waals surface area contributed by atoms with Crippen LogP contribution in [-0.2, 0) is 10.8 Å². The number of nitrogens with one attached hydrogen (secondary N) is 2.